The topological polar surface area (TPSA) is 116 Å². The van der Waals surface area contributed by atoms with Crippen LogP contribution < -0.4 is 4.90 Å². The molecule has 3 heterocycles. The molecule has 33 heavy (non-hydrogen) atoms. The van der Waals surface area contributed by atoms with E-state index in [4.69, 9.17) is 9.15 Å². The van der Waals surface area contributed by atoms with Crippen LogP contribution >= 0.6 is 11.3 Å². The van der Waals surface area contributed by atoms with Crippen molar-refractivity contribution >= 4 is 40.1 Å². The second-order valence-corrected chi connectivity index (χ2v) is 7.62. The third-order valence-electron chi connectivity index (χ3n) is 4.58. The van der Waals surface area contributed by atoms with Crippen molar-refractivity contribution in [3.8, 4) is 11.4 Å². The fourth-order valence-electron chi connectivity index (χ4n) is 3.02. The zero-order chi connectivity index (χ0) is 23.2. The number of ether oxygens (including phenoxy) is 1. The third kappa shape index (κ3) is 5.04. The van der Waals surface area contributed by atoms with E-state index in [1.165, 1.54) is 35.3 Å². The molecule has 0 saturated carbocycles. The highest BCUT2D eigenvalue weighted by molar-refractivity contribution is 7.14. The molecule has 0 N–H and O–H groups in total. The van der Waals surface area contributed by atoms with Gasteiger partial charge in [-0.25, -0.2) is 9.78 Å². The average molecular weight is 465 g/mol. The predicted molar refractivity (Wildman–Crippen MR) is 122 cm³/mol. The van der Waals surface area contributed by atoms with Gasteiger partial charge < -0.3 is 9.15 Å². The van der Waals surface area contributed by atoms with Gasteiger partial charge in [0.2, 0.25) is 5.91 Å². The highest BCUT2D eigenvalue weighted by Crippen LogP contribution is 2.23. The number of thiazole rings is 1. The monoisotopic (exact) mass is 464 g/mol. The van der Waals surface area contributed by atoms with Gasteiger partial charge in [0, 0.05) is 30.5 Å². The summed E-state index contributed by atoms with van der Waals surface area (Å²) in [6, 6.07) is 12.7. The molecule has 0 aliphatic heterocycles. The molecular formula is C22H20N6O4S. The molecule has 0 bridgehead atoms. The fraction of sp³-hybridized carbons (Fsp3) is 0.182. The number of furan rings is 1. The van der Waals surface area contributed by atoms with Crippen LogP contribution in [-0.4, -0.2) is 43.6 Å². The second kappa shape index (κ2) is 10.0. The van der Waals surface area contributed by atoms with Crippen LogP contribution in [0.1, 0.15) is 25.3 Å². The fourth-order valence-corrected chi connectivity index (χ4v) is 3.94. The van der Waals surface area contributed by atoms with Crippen molar-refractivity contribution in [2.24, 2.45) is 0 Å². The van der Waals surface area contributed by atoms with Crippen LogP contribution in [0.25, 0.3) is 23.2 Å². The van der Waals surface area contributed by atoms with Crippen molar-refractivity contribution in [2.75, 3.05) is 11.4 Å². The predicted octanol–water partition coefficient (Wildman–Crippen LogP) is 3.50. The minimum Gasteiger partial charge on any atom is -0.465 e. The molecule has 0 saturated heterocycles. The van der Waals surface area contributed by atoms with Crippen LogP contribution in [0.3, 0.4) is 0 Å². The normalized spacial score (nSPS) is 11.4. The standard InChI is InChI=1S/C22H20N6O4S/c1-3-27(15(2)29)22-23-17(14-33-22)13-32-21(30)19(12-18-10-7-11-31-18)28-20(24-25-26-28)16-8-5-4-6-9-16/h4-12,14H,3,13H2,1-2H3/b19-12-. The molecule has 0 aliphatic rings. The zero-order valence-electron chi connectivity index (χ0n) is 17.9. The molecule has 1 amide bonds. The maximum absolute atomic E-state index is 13.1. The summed E-state index contributed by atoms with van der Waals surface area (Å²) in [6.45, 7) is 3.76. The van der Waals surface area contributed by atoms with Gasteiger partial charge in [-0.05, 0) is 29.5 Å². The number of rotatable bonds is 8. The summed E-state index contributed by atoms with van der Waals surface area (Å²) in [5.74, 6) is 0.0457. The van der Waals surface area contributed by atoms with Crippen LogP contribution in [0.4, 0.5) is 5.13 Å². The van der Waals surface area contributed by atoms with Gasteiger partial charge in [0.1, 0.15) is 12.4 Å². The Morgan fingerprint density at radius 3 is 2.73 bits per heavy atom. The molecule has 168 valence electrons. The molecule has 0 unspecified atom stereocenters. The van der Waals surface area contributed by atoms with Gasteiger partial charge in [-0.1, -0.05) is 30.3 Å². The van der Waals surface area contributed by atoms with Crippen LogP contribution in [0, 0.1) is 0 Å². The molecule has 10 nitrogen and oxygen atoms in total. The van der Waals surface area contributed by atoms with E-state index in [1.807, 2.05) is 37.3 Å². The maximum Gasteiger partial charge on any atom is 0.357 e. The van der Waals surface area contributed by atoms with Crippen molar-refractivity contribution in [3.05, 3.63) is 65.6 Å². The number of esters is 1. The lowest BCUT2D eigenvalue weighted by Gasteiger charge is -2.14. The molecule has 0 aliphatic carbocycles. The Balaban J connectivity index is 1.59. The minimum absolute atomic E-state index is 0.0724. The summed E-state index contributed by atoms with van der Waals surface area (Å²) in [5, 5.41) is 14.1. The number of nitrogens with zero attached hydrogens (tertiary/aromatic N) is 6. The van der Waals surface area contributed by atoms with E-state index in [-0.39, 0.29) is 18.2 Å². The second-order valence-electron chi connectivity index (χ2n) is 6.79. The van der Waals surface area contributed by atoms with E-state index in [1.54, 1.807) is 22.4 Å². The van der Waals surface area contributed by atoms with Crippen molar-refractivity contribution in [1.29, 1.82) is 0 Å². The van der Waals surface area contributed by atoms with Gasteiger partial charge in [0.15, 0.2) is 16.7 Å². The summed E-state index contributed by atoms with van der Waals surface area (Å²) < 4.78 is 12.2. The molecule has 0 spiro atoms. The SMILES string of the molecule is CCN(C(C)=O)c1nc(COC(=O)/C(=C/c2ccco2)n2nnnc2-c2ccccc2)cs1. The van der Waals surface area contributed by atoms with Crippen molar-refractivity contribution < 1.29 is 18.7 Å². The Labute approximate surface area is 193 Å². The van der Waals surface area contributed by atoms with Gasteiger partial charge in [0.05, 0.1) is 12.0 Å². The minimum atomic E-state index is -0.663. The lowest BCUT2D eigenvalue weighted by Crippen LogP contribution is -2.27. The van der Waals surface area contributed by atoms with Gasteiger partial charge >= 0.3 is 5.97 Å². The molecule has 3 aromatic heterocycles. The molecule has 1 aromatic carbocycles. The Morgan fingerprint density at radius 2 is 2.03 bits per heavy atom. The van der Waals surface area contributed by atoms with Gasteiger partial charge in [-0.15, -0.1) is 16.4 Å². The first-order valence-electron chi connectivity index (χ1n) is 10.1. The first kappa shape index (κ1) is 22.1. The van der Waals surface area contributed by atoms with E-state index in [0.717, 1.165) is 5.56 Å². The van der Waals surface area contributed by atoms with E-state index < -0.39 is 5.97 Å². The van der Waals surface area contributed by atoms with Crippen LogP contribution in [-0.2, 0) is 20.9 Å². The Kier molecular flexibility index (Phi) is 6.69. The van der Waals surface area contributed by atoms with Gasteiger partial charge in [0.25, 0.3) is 0 Å². The number of carbonyl (C=O) groups excluding carboxylic acids is 2. The van der Waals surface area contributed by atoms with E-state index in [2.05, 4.69) is 20.5 Å². The summed E-state index contributed by atoms with van der Waals surface area (Å²) in [6.07, 6.45) is 3.00. The number of tetrazole rings is 1. The van der Waals surface area contributed by atoms with Crippen molar-refractivity contribution in [3.63, 3.8) is 0 Å². The van der Waals surface area contributed by atoms with Crippen molar-refractivity contribution in [1.82, 2.24) is 25.2 Å². The number of benzene rings is 1. The summed E-state index contributed by atoms with van der Waals surface area (Å²) in [7, 11) is 0. The number of amides is 1. The first-order valence-corrected chi connectivity index (χ1v) is 10.9. The molecule has 0 fully saturated rings. The van der Waals surface area contributed by atoms with Crippen LogP contribution in [0.2, 0.25) is 0 Å². The number of hydrogen-bond donors (Lipinski definition) is 0. The summed E-state index contributed by atoms with van der Waals surface area (Å²) >= 11 is 1.31. The summed E-state index contributed by atoms with van der Waals surface area (Å²) in [5.41, 5.74) is 1.33. The molecule has 4 aromatic rings. The van der Waals surface area contributed by atoms with Crippen molar-refractivity contribution in [2.45, 2.75) is 20.5 Å². The van der Waals surface area contributed by atoms with Crippen LogP contribution in [0.15, 0.2) is 58.5 Å². The number of aromatic nitrogens is 5. The number of anilines is 1. The Morgan fingerprint density at radius 1 is 1.21 bits per heavy atom. The van der Waals surface area contributed by atoms with E-state index >= 15 is 0 Å². The first-order chi connectivity index (χ1) is 16.1. The lowest BCUT2D eigenvalue weighted by molar-refractivity contribution is -0.138. The zero-order valence-corrected chi connectivity index (χ0v) is 18.7. The molecule has 11 heteroatoms. The summed E-state index contributed by atoms with van der Waals surface area (Å²) in [4.78, 5) is 30.8. The quantitative estimate of drug-likeness (QED) is 0.287. The highest BCUT2D eigenvalue weighted by atomic mass is 32.1. The molecular weight excluding hydrogens is 444 g/mol. The van der Waals surface area contributed by atoms with Crippen LogP contribution in [0.5, 0.6) is 0 Å². The third-order valence-corrected chi connectivity index (χ3v) is 5.49. The van der Waals surface area contributed by atoms with Gasteiger partial charge in [-0.3, -0.25) is 9.69 Å². The number of carbonyl (C=O) groups is 2. The molecule has 4 rings (SSSR count). The molecule has 0 atom stereocenters. The van der Waals surface area contributed by atoms with E-state index in [9.17, 15) is 9.59 Å². The number of hydrogen-bond acceptors (Lipinski definition) is 9. The Bertz CT molecular complexity index is 1260. The smallest absolute Gasteiger partial charge is 0.357 e. The lowest BCUT2D eigenvalue weighted by atomic mass is 10.2. The highest BCUT2D eigenvalue weighted by Gasteiger charge is 2.22. The Hall–Kier alpha value is -4.12. The maximum atomic E-state index is 13.1. The largest absolute Gasteiger partial charge is 0.465 e. The molecule has 0 radical (unpaired) electrons. The average Bonchev–Trinajstić information content (AvgIpc) is 3.59. The van der Waals surface area contributed by atoms with E-state index in [0.29, 0.717) is 29.0 Å². The van der Waals surface area contributed by atoms with Gasteiger partial charge in [-0.2, -0.15) is 4.68 Å².